The Morgan fingerprint density at radius 3 is 0.765 bits per heavy atom. The van der Waals surface area contributed by atoms with Crippen LogP contribution in [-0.2, 0) is 9.59 Å². The van der Waals surface area contributed by atoms with Crippen molar-refractivity contribution in [3.05, 3.63) is 0 Å². The first kappa shape index (κ1) is 30.1. The first-order valence-corrected chi connectivity index (χ1v) is 4.32. The second kappa shape index (κ2) is 10.9. The van der Waals surface area contributed by atoms with Gasteiger partial charge in [-0.1, -0.05) is 56.4 Å². The Labute approximate surface area is 123 Å². The van der Waals surface area contributed by atoms with Gasteiger partial charge >= 0.3 is 23.9 Å². The summed E-state index contributed by atoms with van der Waals surface area (Å²) in [6.45, 7) is 9.60. The number of rotatable bonds is 0. The monoisotopic (exact) mass is 354 g/mol. The van der Waals surface area contributed by atoms with Crippen LogP contribution in [0.15, 0.2) is 0 Å². The summed E-state index contributed by atoms with van der Waals surface area (Å²) in [6.07, 6.45) is 0. The Kier molecular flexibility index (Phi) is 19.2. The van der Waals surface area contributed by atoms with E-state index in [4.69, 9.17) is 0 Å². The molecule has 2 radical (unpaired) electrons. The van der Waals surface area contributed by atoms with E-state index in [1.165, 1.54) is 0 Å². The standard InChI is InChI=1S/2C5H10O2.2CH4.Sn/c2*1-5(2,3)4(6)7;;;/h2*1-3H3,(H,6,7);2*1H4;/q;;;;+2/p-2. The van der Waals surface area contributed by atoms with Crippen LogP contribution in [0, 0.1) is 10.8 Å². The second-order valence-corrected chi connectivity index (χ2v) is 5.07. The molecule has 0 aromatic carbocycles. The maximum Gasteiger partial charge on any atom is 2.00 e. The van der Waals surface area contributed by atoms with Crippen LogP contribution in [0.4, 0.5) is 0 Å². The minimum atomic E-state index is -1.01. The average molecular weight is 353 g/mol. The summed E-state index contributed by atoms with van der Waals surface area (Å²) < 4.78 is 0. The van der Waals surface area contributed by atoms with Crippen molar-refractivity contribution in [2.75, 3.05) is 0 Å². The van der Waals surface area contributed by atoms with Crippen LogP contribution < -0.4 is 10.2 Å². The zero-order valence-corrected chi connectivity index (χ0v) is 13.0. The van der Waals surface area contributed by atoms with Crippen LogP contribution in [-0.4, -0.2) is 35.8 Å². The topological polar surface area (TPSA) is 80.3 Å². The van der Waals surface area contributed by atoms with Gasteiger partial charge in [0.2, 0.25) is 0 Å². The molecule has 0 N–H and O–H groups in total. The Morgan fingerprint density at radius 2 is 0.765 bits per heavy atom. The minimum absolute atomic E-state index is 0. The molecule has 17 heavy (non-hydrogen) atoms. The molecule has 4 nitrogen and oxygen atoms in total. The molecule has 0 aliphatic carbocycles. The molecule has 0 fully saturated rings. The third-order valence-electron chi connectivity index (χ3n) is 1.22. The summed E-state index contributed by atoms with van der Waals surface area (Å²) >= 11 is 0. The quantitative estimate of drug-likeness (QED) is 0.593. The van der Waals surface area contributed by atoms with Crippen molar-refractivity contribution >= 4 is 35.8 Å². The fourth-order valence-electron chi connectivity index (χ4n) is 0. The summed E-state index contributed by atoms with van der Waals surface area (Å²) in [7, 11) is 0. The van der Waals surface area contributed by atoms with E-state index in [9.17, 15) is 19.8 Å². The van der Waals surface area contributed by atoms with Gasteiger partial charge in [0, 0.05) is 22.8 Å². The molecule has 0 spiro atoms. The summed E-state index contributed by atoms with van der Waals surface area (Å²) in [5, 5.41) is 19.8. The van der Waals surface area contributed by atoms with Gasteiger partial charge in [-0.15, -0.1) is 0 Å². The van der Waals surface area contributed by atoms with Gasteiger partial charge in [-0.05, 0) is 0 Å². The molecule has 0 amide bonds. The maximum atomic E-state index is 9.91. The molecular weight excluding hydrogens is 327 g/mol. The first-order valence-electron chi connectivity index (χ1n) is 4.32. The van der Waals surface area contributed by atoms with E-state index in [0.29, 0.717) is 0 Å². The molecule has 102 valence electrons. The number of aliphatic carboxylic acids is 2. The molecular formula is C12H26O4Sn. The van der Waals surface area contributed by atoms with Gasteiger partial charge in [0.25, 0.3) is 0 Å². The van der Waals surface area contributed by atoms with Crippen molar-refractivity contribution < 1.29 is 19.8 Å². The third kappa shape index (κ3) is 21.6. The number of hydrogen-bond acceptors (Lipinski definition) is 4. The third-order valence-corrected chi connectivity index (χ3v) is 1.22. The first-order chi connectivity index (χ1) is 5.89. The Hall–Kier alpha value is -0.261. The molecule has 0 atom stereocenters. The molecule has 0 rings (SSSR count). The van der Waals surface area contributed by atoms with Gasteiger partial charge in [-0.3, -0.25) is 0 Å². The van der Waals surface area contributed by atoms with Gasteiger partial charge in [-0.25, -0.2) is 0 Å². The van der Waals surface area contributed by atoms with Crippen molar-refractivity contribution in [3.63, 3.8) is 0 Å². The predicted octanol–water partition coefficient (Wildman–Crippen LogP) is 0.456. The Bertz CT molecular complexity index is 188. The predicted molar refractivity (Wildman–Crippen MR) is 68.1 cm³/mol. The molecule has 0 aromatic heterocycles. The molecule has 0 heterocycles. The van der Waals surface area contributed by atoms with E-state index in [1.54, 1.807) is 41.5 Å². The fraction of sp³-hybridized carbons (Fsp3) is 0.833. The van der Waals surface area contributed by atoms with E-state index in [-0.39, 0.29) is 38.8 Å². The van der Waals surface area contributed by atoms with Crippen molar-refractivity contribution in [2.24, 2.45) is 10.8 Å². The van der Waals surface area contributed by atoms with Gasteiger partial charge in [-0.2, -0.15) is 0 Å². The number of carboxylic acid groups (broad SMARTS) is 2. The second-order valence-electron chi connectivity index (χ2n) is 5.07. The summed E-state index contributed by atoms with van der Waals surface area (Å²) in [5.74, 6) is -2.01. The normalized spacial score (nSPS) is 9.29. The molecule has 0 bridgehead atoms. The van der Waals surface area contributed by atoms with E-state index >= 15 is 0 Å². The van der Waals surface area contributed by atoms with Crippen molar-refractivity contribution in [1.29, 1.82) is 0 Å². The van der Waals surface area contributed by atoms with Crippen LogP contribution in [0.1, 0.15) is 56.4 Å². The molecule has 0 aliphatic heterocycles. The van der Waals surface area contributed by atoms with Crippen LogP contribution in [0.5, 0.6) is 0 Å². The van der Waals surface area contributed by atoms with Gasteiger partial charge in [0.15, 0.2) is 0 Å². The van der Waals surface area contributed by atoms with Crippen LogP contribution in [0.25, 0.3) is 0 Å². The number of carboxylic acids is 2. The van der Waals surface area contributed by atoms with Crippen LogP contribution >= 0.6 is 0 Å². The zero-order chi connectivity index (χ0) is 12.2. The van der Waals surface area contributed by atoms with E-state index in [1.807, 2.05) is 0 Å². The van der Waals surface area contributed by atoms with E-state index in [2.05, 4.69) is 0 Å². The van der Waals surface area contributed by atoms with Crippen molar-refractivity contribution in [2.45, 2.75) is 56.4 Å². The van der Waals surface area contributed by atoms with Crippen LogP contribution in [0.2, 0.25) is 0 Å². The van der Waals surface area contributed by atoms with Gasteiger partial charge in [0.05, 0.1) is 0 Å². The van der Waals surface area contributed by atoms with Crippen LogP contribution in [0.3, 0.4) is 0 Å². The molecule has 0 unspecified atom stereocenters. The zero-order valence-electron chi connectivity index (χ0n) is 10.1. The Morgan fingerprint density at radius 1 is 0.706 bits per heavy atom. The van der Waals surface area contributed by atoms with Crippen molar-refractivity contribution in [3.8, 4) is 0 Å². The number of hydrogen-bond donors (Lipinski definition) is 0. The molecule has 0 aliphatic rings. The summed E-state index contributed by atoms with van der Waals surface area (Å²) in [5.41, 5.74) is -1.39. The summed E-state index contributed by atoms with van der Waals surface area (Å²) in [6, 6.07) is 0. The van der Waals surface area contributed by atoms with E-state index < -0.39 is 22.8 Å². The van der Waals surface area contributed by atoms with Gasteiger partial charge < -0.3 is 19.8 Å². The number of carbonyl (C=O) groups is 2. The van der Waals surface area contributed by atoms with E-state index in [0.717, 1.165) is 0 Å². The molecule has 0 saturated heterocycles. The summed E-state index contributed by atoms with van der Waals surface area (Å²) in [4.78, 5) is 19.8. The molecule has 0 aromatic rings. The molecule has 0 saturated carbocycles. The minimum Gasteiger partial charge on any atom is -0.550 e. The largest absolute Gasteiger partial charge is 2.00 e. The average Bonchev–Trinajstić information content (AvgIpc) is 1.83. The van der Waals surface area contributed by atoms with Gasteiger partial charge in [0.1, 0.15) is 0 Å². The number of carbonyl (C=O) groups excluding carboxylic acids is 2. The SMILES string of the molecule is C.C.CC(C)(C)C(=O)[O-].CC(C)(C)C(=O)[O-].[Sn+2]. The smallest absolute Gasteiger partial charge is 0.550 e. The molecule has 5 heteroatoms. The maximum absolute atomic E-state index is 9.91. The fourth-order valence-corrected chi connectivity index (χ4v) is 0. The van der Waals surface area contributed by atoms with Crippen molar-refractivity contribution in [1.82, 2.24) is 0 Å². The Balaban J connectivity index is -0.0000000480.